The van der Waals surface area contributed by atoms with Gasteiger partial charge >= 0.3 is 0 Å². The van der Waals surface area contributed by atoms with Crippen molar-refractivity contribution >= 4 is 5.71 Å². The van der Waals surface area contributed by atoms with E-state index in [0.717, 1.165) is 54.7 Å². The molecule has 4 aliphatic carbocycles. The highest BCUT2D eigenvalue weighted by atomic mass is 16.6. The normalized spacial score (nSPS) is 41.6. The van der Waals surface area contributed by atoms with Gasteiger partial charge in [-0.3, -0.25) is 0 Å². The van der Waals surface area contributed by atoms with E-state index in [1.54, 1.807) is 0 Å². The Balaban J connectivity index is 1.15. The van der Waals surface area contributed by atoms with Gasteiger partial charge in [0.25, 0.3) is 0 Å². The van der Waals surface area contributed by atoms with Gasteiger partial charge in [-0.15, -0.1) is 5.10 Å². The summed E-state index contributed by atoms with van der Waals surface area (Å²) in [6.07, 6.45) is 14.3. The third kappa shape index (κ3) is 4.26. The van der Waals surface area contributed by atoms with E-state index in [1.165, 1.54) is 50.7 Å². The summed E-state index contributed by atoms with van der Waals surface area (Å²) in [6, 6.07) is 0. The van der Waals surface area contributed by atoms with Gasteiger partial charge in [0, 0.05) is 12.7 Å². The summed E-state index contributed by atoms with van der Waals surface area (Å²) in [5.74, 6) is 4.61. The minimum Gasteiger partial charge on any atom is -0.394 e. The molecule has 0 N–H and O–H groups in total. The van der Waals surface area contributed by atoms with Crippen LogP contribution >= 0.6 is 0 Å². The molecule has 0 bridgehead atoms. The number of fused-ring (bicyclic) bond motifs is 5. The third-order valence-electron chi connectivity index (χ3n) is 10.6. The van der Waals surface area contributed by atoms with Crippen LogP contribution in [-0.4, -0.2) is 46.3 Å². The summed E-state index contributed by atoms with van der Waals surface area (Å²) in [4.78, 5) is 7.86. The van der Waals surface area contributed by atoms with Crippen molar-refractivity contribution in [2.45, 2.75) is 91.6 Å². The van der Waals surface area contributed by atoms with Crippen LogP contribution in [0.4, 0.5) is 0 Å². The van der Waals surface area contributed by atoms with Crippen molar-refractivity contribution in [1.82, 2.24) is 19.9 Å². The first kappa shape index (κ1) is 23.3. The Morgan fingerprint density at radius 2 is 1.91 bits per heavy atom. The lowest BCUT2D eigenvalue weighted by molar-refractivity contribution is -0.0994. The molecule has 6 nitrogen and oxygen atoms in total. The smallest absolute Gasteiger partial charge is 0.136 e. The molecular weight excluding hydrogens is 410 g/mol. The molecule has 0 aliphatic heterocycles. The molecule has 5 rings (SSSR count). The molecule has 1 aromatic heterocycles. The van der Waals surface area contributed by atoms with Crippen LogP contribution < -0.4 is 0 Å². The number of rotatable bonds is 6. The second-order valence-electron chi connectivity index (χ2n) is 12.6. The van der Waals surface area contributed by atoms with Gasteiger partial charge in [0.05, 0.1) is 18.0 Å². The average molecular weight is 456 g/mol. The molecule has 7 atom stereocenters. The van der Waals surface area contributed by atoms with E-state index in [0.29, 0.717) is 24.0 Å². The van der Waals surface area contributed by atoms with Crippen molar-refractivity contribution in [2.75, 3.05) is 20.7 Å². The van der Waals surface area contributed by atoms with Crippen molar-refractivity contribution in [2.24, 2.45) is 45.6 Å². The Hall–Kier alpha value is -1.43. The van der Waals surface area contributed by atoms with Gasteiger partial charge in [0.2, 0.25) is 0 Å². The molecule has 4 aliphatic rings. The second kappa shape index (κ2) is 8.98. The molecule has 0 saturated heterocycles. The lowest BCUT2D eigenvalue weighted by Gasteiger charge is -2.60. The van der Waals surface area contributed by atoms with E-state index in [-0.39, 0.29) is 0 Å². The molecule has 1 aromatic rings. The fourth-order valence-corrected chi connectivity index (χ4v) is 8.52. The van der Waals surface area contributed by atoms with Gasteiger partial charge in [-0.25, -0.2) is 4.68 Å². The highest BCUT2D eigenvalue weighted by Crippen LogP contribution is 2.67. The Bertz CT molecular complexity index is 864. The molecule has 4 saturated carbocycles. The van der Waals surface area contributed by atoms with E-state index in [2.05, 4.69) is 41.1 Å². The van der Waals surface area contributed by atoms with E-state index >= 15 is 0 Å². The zero-order valence-electron chi connectivity index (χ0n) is 21.6. The largest absolute Gasteiger partial charge is 0.394 e. The van der Waals surface area contributed by atoms with Gasteiger partial charge in [0.1, 0.15) is 6.61 Å². The third-order valence-corrected chi connectivity index (χ3v) is 10.6. The van der Waals surface area contributed by atoms with Crippen LogP contribution in [0, 0.1) is 40.4 Å². The average Bonchev–Trinajstić information content (AvgIpc) is 3.34. The summed E-state index contributed by atoms with van der Waals surface area (Å²) >= 11 is 0. The molecular formula is C27H45N5O. The molecule has 33 heavy (non-hydrogen) atoms. The summed E-state index contributed by atoms with van der Waals surface area (Å²) in [5, 5.41) is 13.0. The summed E-state index contributed by atoms with van der Waals surface area (Å²) in [5.41, 5.74) is 3.41. The van der Waals surface area contributed by atoms with Crippen LogP contribution in [0.3, 0.4) is 0 Å². The molecule has 1 heterocycles. The van der Waals surface area contributed by atoms with E-state index < -0.39 is 0 Å². The summed E-state index contributed by atoms with van der Waals surface area (Å²) in [7, 11) is 4.08. The fourth-order valence-electron chi connectivity index (χ4n) is 8.52. The molecule has 0 amide bonds. The molecule has 0 spiro atoms. The van der Waals surface area contributed by atoms with Crippen molar-refractivity contribution in [3.8, 4) is 0 Å². The first-order chi connectivity index (χ1) is 15.8. The van der Waals surface area contributed by atoms with Gasteiger partial charge in [-0.05, 0) is 112 Å². The topological polar surface area (TPSA) is 55.5 Å². The maximum absolute atomic E-state index is 5.76. The van der Waals surface area contributed by atoms with Crippen molar-refractivity contribution in [3.63, 3.8) is 0 Å². The number of hydrogen-bond donors (Lipinski definition) is 0. The Morgan fingerprint density at radius 3 is 2.73 bits per heavy atom. The zero-order valence-corrected chi connectivity index (χ0v) is 21.6. The van der Waals surface area contributed by atoms with Crippen molar-refractivity contribution in [1.29, 1.82) is 0 Å². The fraction of sp³-hybridized carbons (Fsp3) is 0.889. The van der Waals surface area contributed by atoms with Crippen molar-refractivity contribution in [3.05, 3.63) is 11.9 Å². The lowest BCUT2D eigenvalue weighted by Crippen LogP contribution is -2.53. The first-order valence-electron chi connectivity index (χ1n) is 13.5. The van der Waals surface area contributed by atoms with Crippen LogP contribution in [0.2, 0.25) is 0 Å². The molecule has 4 fully saturated rings. The van der Waals surface area contributed by atoms with Gasteiger partial charge in [0.15, 0.2) is 0 Å². The number of nitrogens with zero attached hydrogens (tertiary/aromatic N) is 5. The van der Waals surface area contributed by atoms with E-state index in [1.807, 2.05) is 25.0 Å². The van der Waals surface area contributed by atoms with Crippen LogP contribution in [0.25, 0.3) is 0 Å². The summed E-state index contributed by atoms with van der Waals surface area (Å²) in [6.45, 7) is 9.86. The van der Waals surface area contributed by atoms with Gasteiger partial charge in [-0.1, -0.05) is 31.1 Å². The highest BCUT2D eigenvalue weighted by molar-refractivity contribution is 5.85. The van der Waals surface area contributed by atoms with Gasteiger partial charge in [-0.2, -0.15) is 0 Å². The van der Waals surface area contributed by atoms with Crippen LogP contribution in [0.15, 0.2) is 11.4 Å². The zero-order chi connectivity index (χ0) is 23.2. The quantitative estimate of drug-likeness (QED) is 0.426. The molecule has 4 unspecified atom stereocenters. The maximum atomic E-state index is 5.76. The minimum atomic E-state index is 0.513. The SMILES string of the molecule is C[C@H]1CCC2C3CCC4CC(=NOCCn5cc(CN(C)C)nn5)CC[C@]4(C)C3CC[C@@]21C. The predicted octanol–water partition coefficient (Wildman–Crippen LogP) is 5.39. The second-order valence-corrected chi connectivity index (χ2v) is 12.6. The van der Waals surface area contributed by atoms with E-state index in [9.17, 15) is 0 Å². The summed E-state index contributed by atoms with van der Waals surface area (Å²) < 4.78 is 1.86. The number of hydrogen-bond acceptors (Lipinski definition) is 5. The number of aromatic nitrogens is 3. The Labute approximate surface area is 200 Å². The van der Waals surface area contributed by atoms with Crippen LogP contribution in [0.1, 0.15) is 84.3 Å². The Morgan fingerprint density at radius 1 is 1.09 bits per heavy atom. The molecule has 0 aromatic carbocycles. The van der Waals surface area contributed by atoms with Crippen LogP contribution in [-0.2, 0) is 17.9 Å². The van der Waals surface area contributed by atoms with E-state index in [4.69, 9.17) is 4.84 Å². The lowest BCUT2D eigenvalue weighted by atomic mass is 9.45. The standard InChI is InChI=1S/C27H45N5O/c1-19-6-9-24-23-8-7-20-16-21(10-12-27(20,3)25(23)11-13-26(19,24)2)29-33-15-14-32-18-22(28-30-32)17-31(4)5/h18-20,23-25H,6-17H2,1-5H3/t19-,20?,23?,24?,25?,26+,27-/m0/s1. The molecule has 184 valence electrons. The molecule has 6 heteroatoms. The first-order valence-corrected chi connectivity index (χ1v) is 13.5. The van der Waals surface area contributed by atoms with Crippen LogP contribution in [0.5, 0.6) is 0 Å². The minimum absolute atomic E-state index is 0.513. The highest BCUT2D eigenvalue weighted by Gasteiger charge is 2.59. The number of oxime groups is 1. The maximum Gasteiger partial charge on any atom is 0.136 e. The van der Waals surface area contributed by atoms with Gasteiger partial charge < -0.3 is 9.74 Å². The van der Waals surface area contributed by atoms with Crippen molar-refractivity contribution < 1.29 is 4.84 Å². The molecule has 0 radical (unpaired) electrons. The Kier molecular flexibility index (Phi) is 6.34. The monoisotopic (exact) mass is 455 g/mol. The predicted molar refractivity (Wildman–Crippen MR) is 132 cm³/mol.